The van der Waals surface area contributed by atoms with Gasteiger partial charge in [-0.1, -0.05) is 55.0 Å². The fourth-order valence-corrected chi connectivity index (χ4v) is 4.10. The number of halogens is 2. The van der Waals surface area contributed by atoms with Crippen molar-refractivity contribution in [2.75, 3.05) is 13.2 Å². The van der Waals surface area contributed by atoms with E-state index < -0.39 is 36.9 Å². The van der Waals surface area contributed by atoms with Gasteiger partial charge in [0.1, 0.15) is 12.6 Å². The van der Waals surface area contributed by atoms with Crippen LogP contribution in [0.25, 0.3) is 11.1 Å². The van der Waals surface area contributed by atoms with Gasteiger partial charge >= 0.3 is 12.1 Å². The Morgan fingerprint density at radius 3 is 2.15 bits per heavy atom. The van der Waals surface area contributed by atoms with Crippen LogP contribution in [0.5, 0.6) is 0 Å². The number of amides is 2. The number of unbranched alkanes of at least 4 members (excludes halogenated alkanes) is 2. The van der Waals surface area contributed by atoms with E-state index in [0.717, 1.165) is 22.3 Å². The van der Waals surface area contributed by atoms with Crippen molar-refractivity contribution in [1.82, 2.24) is 10.6 Å². The molecule has 0 aliphatic heterocycles. The molecule has 3 rings (SSSR count). The minimum atomic E-state index is -2.79. The first-order chi connectivity index (χ1) is 16.4. The third-order valence-electron chi connectivity index (χ3n) is 5.73. The number of alkyl carbamates (subject to hydrolysis) is 1. The number of aliphatic carboxylic acids is 1. The molecule has 3 N–H and O–H groups in total. The molecular formula is C25H28F2N2O5. The Morgan fingerprint density at radius 1 is 0.941 bits per heavy atom. The first-order valence-electron chi connectivity index (χ1n) is 11.3. The van der Waals surface area contributed by atoms with Crippen LogP contribution in [0.3, 0.4) is 0 Å². The smallest absolute Gasteiger partial charge is 0.407 e. The number of carboxylic acid groups (broad SMARTS) is 1. The summed E-state index contributed by atoms with van der Waals surface area (Å²) >= 11 is 0. The van der Waals surface area contributed by atoms with Crippen LogP contribution in [0.15, 0.2) is 48.5 Å². The zero-order valence-electron chi connectivity index (χ0n) is 18.6. The lowest BCUT2D eigenvalue weighted by molar-refractivity contribution is -0.137. The molecule has 1 aliphatic rings. The van der Waals surface area contributed by atoms with E-state index in [-0.39, 0.29) is 25.5 Å². The molecule has 1 atom stereocenters. The summed E-state index contributed by atoms with van der Waals surface area (Å²) in [5.74, 6) is -1.81. The lowest BCUT2D eigenvalue weighted by Crippen LogP contribution is -2.48. The van der Waals surface area contributed by atoms with Crippen molar-refractivity contribution in [3.8, 4) is 11.1 Å². The normalized spacial score (nSPS) is 13.1. The highest BCUT2D eigenvalue weighted by molar-refractivity contribution is 5.85. The van der Waals surface area contributed by atoms with Crippen molar-refractivity contribution >= 4 is 18.0 Å². The molecule has 0 fully saturated rings. The van der Waals surface area contributed by atoms with E-state index in [2.05, 4.69) is 10.6 Å². The lowest BCUT2D eigenvalue weighted by atomic mass is 9.98. The van der Waals surface area contributed by atoms with Gasteiger partial charge in [-0.2, -0.15) is 0 Å². The second-order valence-electron chi connectivity index (χ2n) is 8.14. The van der Waals surface area contributed by atoms with Crippen LogP contribution in [0.2, 0.25) is 0 Å². The minimum Gasteiger partial charge on any atom is -0.481 e. The van der Waals surface area contributed by atoms with Gasteiger partial charge in [0.05, 0.1) is 0 Å². The van der Waals surface area contributed by atoms with Gasteiger partial charge in [0.25, 0.3) is 0 Å². The quantitative estimate of drug-likeness (QED) is 0.398. The first kappa shape index (κ1) is 25.1. The van der Waals surface area contributed by atoms with Crippen molar-refractivity contribution in [2.24, 2.45) is 0 Å². The molecule has 0 saturated heterocycles. The molecule has 1 unspecified atom stereocenters. The largest absolute Gasteiger partial charge is 0.481 e. The van der Waals surface area contributed by atoms with Crippen LogP contribution < -0.4 is 10.6 Å². The zero-order valence-corrected chi connectivity index (χ0v) is 18.6. The molecule has 9 heteroatoms. The van der Waals surface area contributed by atoms with Crippen molar-refractivity contribution < 1.29 is 33.0 Å². The number of benzene rings is 2. The van der Waals surface area contributed by atoms with Crippen LogP contribution in [-0.2, 0) is 14.3 Å². The van der Waals surface area contributed by atoms with Crippen molar-refractivity contribution in [3.05, 3.63) is 59.7 Å². The van der Waals surface area contributed by atoms with E-state index in [9.17, 15) is 23.2 Å². The molecular weight excluding hydrogens is 446 g/mol. The topological polar surface area (TPSA) is 105 Å². The molecule has 34 heavy (non-hydrogen) atoms. The molecule has 2 aromatic rings. The molecule has 0 aromatic heterocycles. The van der Waals surface area contributed by atoms with Crippen molar-refractivity contribution in [2.45, 2.75) is 50.5 Å². The summed E-state index contributed by atoms with van der Waals surface area (Å²) in [6.45, 7) is 0.205. The highest BCUT2D eigenvalue weighted by atomic mass is 19.3. The van der Waals surface area contributed by atoms with Crippen molar-refractivity contribution in [3.63, 3.8) is 0 Å². The summed E-state index contributed by atoms with van der Waals surface area (Å²) in [6.07, 6.45) is -2.99. The molecule has 7 nitrogen and oxygen atoms in total. The second-order valence-corrected chi connectivity index (χ2v) is 8.14. The maximum absolute atomic E-state index is 13.0. The Balaban J connectivity index is 1.53. The second kappa shape index (κ2) is 12.1. The number of rotatable bonds is 12. The fraction of sp³-hybridized carbons (Fsp3) is 0.400. The monoisotopic (exact) mass is 474 g/mol. The summed E-state index contributed by atoms with van der Waals surface area (Å²) in [4.78, 5) is 35.2. The van der Waals surface area contributed by atoms with Crippen LogP contribution >= 0.6 is 0 Å². The van der Waals surface area contributed by atoms with E-state index >= 15 is 0 Å². The maximum atomic E-state index is 13.0. The number of nitrogens with one attached hydrogen (secondary N) is 2. The number of ether oxygens (including phenoxy) is 1. The van der Waals surface area contributed by atoms with E-state index in [1.807, 2.05) is 48.5 Å². The number of carboxylic acids is 1. The minimum absolute atomic E-state index is 0.00640. The number of hydrogen-bond donors (Lipinski definition) is 3. The number of carbonyl (C=O) groups excluding carboxylic acids is 2. The van der Waals surface area contributed by atoms with Gasteiger partial charge in [-0.3, -0.25) is 9.59 Å². The Labute approximate surface area is 196 Å². The average Bonchev–Trinajstić information content (AvgIpc) is 3.12. The molecule has 0 saturated carbocycles. The molecule has 0 radical (unpaired) electrons. The van der Waals surface area contributed by atoms with E-state index in [0.29, 0.717) is 19.3 Å². The number of alkyl halides is 2. The SMILES string of the molecule is O=C(O)CCCCCNC(=O)C(CC(F)F)NC(=O)OCC1c2ccccc2-c2ccccc21. The predicted octanol–water partition coefficient (Wildman–Crippen LogP) is 4.31. The molecule has 2 amide bonds. The summed E-state index contributed by atoms with van der Waals surface area (Å²) < 4.78 is 31.3. The van der Waals surface area contributed by atoms with Crippen molar-refractivity contribution in [1.29, 1.82) is 0 Å². The summed E-state index contributed by atoms with van der Waals surface area (Å²) in [5.41, 5.74) is 4.15. The Bertz CT molecular complexity index is 969. The van der Waals surface area contributed by atoms with Crippen LogP contribution in [-0.4, -0.2) is 48.7 Å². The summed E-state index contributed by atoms with van der Waals surface area (Å²) in [6, 6.07) is 14.2. The molecule has 2 aromatic carbocycles. The van der Waals surface area contributed by atoms with Gasteiger partial charge in [-0.15, -0.1) is 0 Å². The van der Waals surface area contributed by atoms with Gasteiger partial charge in [0.15, 0.2) is 0 Å². The standard InChI is InChI=1S/C25H28F2N2O5/c26-22(27)14-21(24(32)28-13-7-1-2-12-23(30)31)29-25(33)34-15-20-18-10-5-3-8-16(18)17-9-4-6-11-19(17)20/h3-6,8-11,20-22H,1-2,7,12-15H2,(H,28,32)(H,29,33)(H,30,31). The maximum Gasteiger partial charge on any atom is 0.407 e. The van der Waals surface area contributed by atoms with Gasteiger partial charge < -0.3 is 20.5 Å². The van der Waals surface area contributed by atoms with Crippen LogP contribution in [0, 0.1) is 0 Å². The first-order valence-corrected chi connectivity index (χ1v) is 11.3. The Morgan fingerprint density at radius 2 is 1.56 bits per heavy atom. The van der Waals surface area contributed by atoms with Crippen LogP contribution in [0.1, 0.15) is 49.1 Å². The molecule has 0 heterocycles. The third-order valence-corrected chi connectivity index (χ3v) is 5.73. The van der Waals surface area contributed by atoms with Crippen LogP contribution in [0.4, 0.5) is 13.6 Å². The molecule has 0 spiro atoms. The number of fused-ring (bicyclic) bond motifs is 3. The van der Waals surface area contributed by atoms with Gasteiger partial charge in [-0.05, 0) is 35.1 Å². The van der Waals surface area contributed by atoms with Gasteiger partial charge in [0.2, 0.25) is 12.3 Å². The summed E-state index contributed by atoms with van der Waals surface area (Å²) in [5, 5.41) is 13.4. The molecule has 0 bridgehead atoms. The Kier molecular flexibility index (Phi) is 8.95. The van der Waals surface area contributed by atoms with E-state index in [1.54, 1.807) is 0 Å². The van der Waals surface area contributed by atoms with Gasteiger partial charge in [-0.25, -0.2) is 13.6 Å². The summed E-state index contributed by atoms with van der Waals surface area (Å²) in [7, 11) is 0. The molecule has 1 aliphatic carbocycles. The third kappa shape index (κ3) is 6.76. The predicted molar refractivity (Wildman–Crippen MR) is 122 cm³/mol. The highest BCUT2D eigenvalue weighted by Gasteiger charge is 2.30. The Hall–Kier alpha value is -3.49. The number of hydrogen-bond acceptors (Lipinski definition) is 4. The molecule has 182 valence electrons. The van der Waals surface area contributed by atoms with E-state index in [4.69, 9.17) is 9.84 Å². The lowest BCUT2D eigenvalue weighted by Gasteiger charge is -2.19. The fourth-order valence-electron chi connectivity index (χ4n) is 4.10. The highest BCUT2D eigenvalue weighted by Crippen LogP contribution is 2.44. The average molecular weight is 475 g/mol. The number of carbonyl (C=O) groups is 3. The van der Waals surface area contributed by atoms with Gasteiger partial charge in [0, 0.05) is 25.3 Å². The van der Waals surface area contributed by atoms with E-state index in [1.165, 1.54) is 0 Å². The zero-order chi connectivity index (χ0) is 24.5.